The van der Waals surface area contributed by atoms with Crippen LogP contribution in [0.2, 0.25) is 10.0 Å². The molecule has 2 amide bonds. The van der Waals surface area contributed by atoms with E-state index in [1.165, 1.54) is 5.01 Å². The second-order valence-electron chi connectivity index (χ2n) is 5.79. The maximum absolute atomic E-state index is 14.0. The Morgan fingerprint density at radius 2 is 1.97 bits per heavy atom. The first kappa shape index (κ1) is 22.4. The van der Waals surface area contributed by atoms with Gasteiger partial charge in [0.05, 0.1) is 15.6 Å². The van der Waals surface area contributed by atoms with Crippen LogP contribution in [0.4, 0.5) is 18.9 Å². The zero-order valence-electron chi connectivity index (χ0n) is 15.3. The minimum Gasteiger partial charge on any atom is -0.433 e. The van der Waals surface area contributed by atoms with Gasteiger partial charge in [0, 0.05) is 13.2 Å². The van der Waals surface area contributed by atoms with Gasteiger partial charge in [-0.1, -0.05) is 23.2 Å². The van der Waals surface area contributed by atoms with Crippen molar-refractivity contribution in [1.29, 1.82) is 0 Å². The highest BCUT2D eigenvalue weighted by molar-refractivity contribution is 6.37. The van der Waals surface area contributed by atoms with E-state index in [9.17, 15) is 22.8 Å². The van der Waals surface area contributed by atoms with Gasteiger partial charge in [0.25, 0.3) is 11.8 Å². The van der Waals surface area contributed by atoms with Crippen LogP contribution in [0.25, 0.3) is 0 Å². The SMILES string of the molecule is CN1NNN=C1NC(=O)c1ccc(OC(F)F)c(NC(=O)c2ncc(Cl)cc2F)c1Cl. The molecule has 1 aliphatic heterocycles. The van der Waals surface area contributed by atoms with Crippen molar-refractivity contribution < 1.29 is 27.5 Å². The molecule has 1 aromatic heterocycles. The Morgan fingerprint density at radius 1 is 1.23 bits per heavy atom. The number of alkyl halides is 2. The summed E-state index contributed by atoms with van der Waals surface area (Å²) in [5.74, 6) is -3.46. The second kappa shape index (κ2) is 9.24. The monoisotopic (exact) mass is 477 g/mol. The summed E-state index contributed by atoms with van der Waals surface area (Å²) in [7, 11) is 1.54. The van der Waals surface area contributed by atoms with Gasteiger partial charge in [0.2, 0.25) is 5.96 Å². The zero-order chi connectivity index (χ0) is 22.7. The van der Waals surface area contributed by atoms with Crippen LogP contribution in [0.1, 0.15) is 20.8 Å². The van der Waals surface area contributed by atoms with Gasteiger partial charge in [-0.15, -0.1) is 10.6 Å². The topological polar surface area (TPSA) is 120 Å². The number of rotatable bonds is 5. The Kier molecular flexibility index (Phi) is 6.68. The quantitative estimate of drug-likeness (QED) is 0.521. The van der Waals surface area contributed by atoms with Gasteiger partial charge >= 0.3 is 6.61 Å². The minimum absolute atomic E-state index is 0.0590. The van der Waals surface area contributed by atoms with E-state index in [0.717, 1.165) is 24.4 Å². The number of hydrazine groups is 2. The molecule has 3 rings (SSSR count). The summed E-state index contributed by atoms with van der Waals surface area (Å²) >= 11 is 11.8. The van der Waals surface area contributed by atoms with E-state index in [2.05, 4.69) is 36.5 Å². The number of carbonyl (C=O) groups is 2. The van der Waals surface area contributed by atoms with Crippen molar-refractivity contribution in [2.45, 2.75) is 6.61 Å². The molecule has 0 fully saturated rings. The largest absolute Gasteiger partial charge is 0.433 e. The van der Waals surface area contributed by atoms with Crippen LogP contribution >= 0.6 is 23.2 Å². The van der Waals surface area contributed by atoms with Crippen molar-refractivity contribution in [1.82, 2.24) is 26.4 Å². The first-order valence-corrected chi connectivity index (χ1v) is 8.96. The summed E-state index contributed by atoms with van der Waals surface area (Å²) in [6.45, 7) is -3.27. The van der Waals surface area contributed by atoms with E-state index in [1.807, 2.05) is 0 Å². The number of anilines is 1. The summed E-state index contributed by atoms with van der Waals surface area (Å²) in [6.07, 6.45) is 1.02. The van der Waals surface area contributed by atoms with E-state index in [1.54, 1.807) is 7.05 Å². The molecule has 2 aromatic rings. The Labute approximate surface area is 182 Å². The number of amides is 2. The number of benzene rings is 1. The lowest BCUT2D eigenvalue weighted by Gasteiger charge is -2.17. The van der Waals surface area contributed by atoms with E-state index >= 15 is 0 Å². The molecule has 0 spiro atoms. The summed E-state index contributed by atoms with van der Waals surface area (Å²) in [5.41, 5.74) is 3.56. The molecular formula is C16H12Cl2F3N7O3. The number of guanidine groups is 1. The zero-order valence-corrected chi connectivity index (χ0v) is 16.9. The number of carbonyl (C=O) groups excluding carboxylic acids is 2. The second-order valence-corrected chi connectivity index (χ2v) is 6.60. The summed E-state index contributed by atoms with van der Waals surface area (Å²) < 4.78 is 43.9. The predicted octanol–water partition coefficient (Wildman–Crippen LogP) is 2.34. The molecule has 4 N–H and O–H groups in total. The molecule has 0 atom stereocenters. The number of hydrogen-bond donors (Lipinski definition) is 4. The first-order chi connectivity index (χ1) is 14.7. The molecule has 15 heteroatoms. The number of hydrazone groups is 1. The van der Waals surface area contributed by atoms with E-state index in [4.69, 9.17) is 23.2 Å². The molecule has 1 aliphatic rings. The molecule has 10 nitrogen and oxygen atoms in total. The normalized spacial score (nSPS) is 13.0. The number of hydrogen-bond acceptors (Lipinski definition) is 8. The lowest BCUT2D eigenvalue weighted by molar-refractivity contribution is -0.0493. The predicted molar refractivity (Wildman–Crippen MR) is 104 cm³/mol. The molecule has 0 bridgehead atoms. The Balaban J connectivity index is 1.95. The molecule has 0 radical (unpaired) electrons. The fraction of sp³-hybridized carbons (Fsp3) is 0.125. The lowest BCUT2D eigenvalue weighted by Crippen LogP contribution is -2.45. The molecule has 0 saturated carbocycles. The highest BCUT2D eigenvalue weighted by atomic mass is 35.5. The van der Waals surface area contributed by atoms with Gasteiger partial charge in [-0.05, 0) is 18.2 Å². The highest BCUT2D eigenvalue weighted by Gasteiger charge is 2.25. The summed E-state index contributed by atoms with van der Waals surface area (Å²) in [4.78, 5) is 28.6. The maximum atomic E-state index is 14.0. The van der Waals surface area contributed by atoms with Crippen molar-refractivity contribution in [2.24, 2.45) is 5.10 Å². The molecule has 2 heterocycles. The number of aromatic nitrogens is 1. The van der Waals surface area contributed by atoms with Gasteiger partial charge in [-0.2, -0.15) is 8.78 Å². The van der Waals surface area contributed by atoms with Gasteiger partial charge < -0.3 is 10.1 Å². The van der Waals surface area contributed by atoms with Crippen LogP contribution in [0.5, 0.6) is 5.75 Å². The number of ether oxygens (including phenoxy) is 1. The van der Waals surface area contributed by atoms with Crippen LogP contribution < -0.4 is 26.4 Å². The van der Waals surface area contributed by atoms with Crippen molar-refractivity contribution in [3.8, 4) is 5.75 Å². The van der Waals surface area contributed by atoms with Crippen molar-refractivity contribution in [3.63, 3.8) is 0 Å². The number of nitrogens with one attached hydrogen (secondary N) is 4. The molecule has 0 saturated heterocycles. The van der Waals surface area contributed by atoms with Crippen LogP contribution in [0.15, 0.2) is 29.5 Å². The Bertz CT molecular complexity index is 1070. The van der Waals surface area contributed by atoms with E-state index < -0.39 is 46.4 Å². The maximum Gasteiger partial charge on any atom is 0.387 e. The van der Waals surface area contributed by atoms with Gasteiger partial charge in [0.15, 0.2) is 17.3 Å². The van der Waals surface area contributed by atoms with Crippen molar-refractivity contribution >= 4 is 46.7 Å². The fourth-order valence-electron chi connectivity index (χ4n) is 2.36. The minimum atomic E-state index is -3.27. The summed E-state index contributed by atoms with van der Waals surface area (Å²) in [6, 6.07) is 2.93. The van der Waals surface area contributed by atoms with Gasteiger partial charge in [-0.3, -0.25) is 19.9 Å². The smallest absolute Gasteiger partial charge is 0.387 e. The summed E-state index contributed by atoms with van der Waals surface area (Å²) in [5, 5.41) is 9.13. The van der Waals surface area contributed by atoms with Crippen LogP contribution in [0, 0.1) is 5.82 Å². The average Bonchev–Trinajstić information content (AvgIpc) is 3.08. The highest BCUT2D eigenvalue weighted by Crippen LogP contribution is 2.36. The van der Waals surface area contributed by atoms with Crippen molar-refractivity contribution in [2.75, 3.05) is 12.4 Å². The molecule has 0 aliphatic carbocycles. The fourth-order valence-corrected chi connectivity index (χ4v) is 2.79. The third kappa shape index (κ3) is 5.07. The lowest BCUT2D eigenvalue weighted by atomic mass is 10.1. The number of pyridine rings is 1. The standard InChI is InChI=1S/C16H12Cl2F3N7O3/c1-28-16(25-26-27-28)24-13(29)7-2-3-9(31-15(20)21)12(10(7)18)23-14(30)11-8(19)4-6(17)5-22-11/h2-5,15,26-27H,1H3,(H,23,30)(H,24,25,29). The third-order valence-corrected chi connectivity index (χ3v) is 4.35. The Morgan fingerprint density at radius 3 is 2.58 bits per heavy atom. The molecule has 0 unspecified atom stereocenters. The van der Waals surface area contributed by atoms with E-state index in [-0.39, 0.29) is 16.5 Å². The molecule has 31 heavy (non-hydrogen) atoms. The van der Waals surface area contributed by atoms with Gasteiger partial charge in [-0.25, -0.2) is 14.9 Å². The van der Waals surface area contributed by atoms with Crippen LogP contribution in [-0.4, -0.2) is 41.4 Å². The first-order valence-electron chi connectivity index (χ1n) is 8.20. The average molecular weight is 478 g/mol. The molecule has 1 aromatic carbocycles. The van der Waals surface area contributed by atoms with Crippen LogP contribution in [-0.2, 0) is 0 Å². The number of halogens is 5. The molecular weight excluding hydrogens is 466 g/mol. The van der Waals surface area contributed by atoms with E-state index in [0.29, 0.717) is 0 Å². The van der Waals surface area contributed by atoms with Crippen molar-refractivity contribution in [3.05, 3.63) is 51.5 Å². The number of nitrogens with zero attached hydrogens (tertiary/aromatic N) is 3. The van der Waals surface area contributed by atoms with Crippen LogP contribution in [0.3, 0.4) is 0 Å². The van der Waals surface area contributed by atoms with Gasteiger partial charge in [0.1, 0.15) is 5.69 Å². The Hall–Kier alpha value is -3.29. The third-order valence-electron chi connectivity index (χ3n) is 3.75. The molecule has 164 valence electrons.